The molecule has 1 aromatic carbocycles. The Morgan fingerprint density at radius 3 is 2.45 bits per heavy atom. The summed E-state index contributed by atoms with van der Waals surface area (Å²) < 4.78 is 4.95. The van der Waals surface area contributed by atoms with Gasteiger partial charge in [0.15, 0.2) is 0 Å². The van der Waals surface area contributed by atoms with E-state index >= 15 is 0 Å². The van der Waals surface area contributed by atoms with Crippen LogP contribution in [0.25, 0.3) is 0 Å². The molecule has 0 fully saturated rings. The Hall–Kier alpha value is -2.63. The highest BCUT2D eigenvalue weighted by Crippen LogP contribution is 2.36. The molecule has 2 rings (SSSR count). The van der Waals surface area contributed by atoms with Crippen LogP contribution in [0.2, 0.25) is 0 Å². The van der Waals surface area contributed by atoms with Crippen LogP contribution in [0.5, 0.6) is 0 Å². The fraction of sp³-hybridized carbons (Fsp3) is 0.312. The molecule has 22 heavy (non-hydrogen) atoms. The Morgan fingerprint density at radius 2 is 1.91 bits per heavy atom. The summed E-state index contributed by atoms with van der Waals surface area (Å²) >= 11 is 0. The Morgan fingerprint density at radius 1 is 1.27 bits per heavy atom. The number of hydrogen-bond acceptors (Lipinski definition) is 5. The molecule has 1 heterocycles. The number of nitrogens with zero attached hydrogens (tertiary/aromatic N) is 1. The van der Waals surface area contributed by atoms with Gasteiger partial charge in [0.2, 0.25) is 5.91 Å². The van der Waals surface area contributed by atoms with Crippen molar-refractivity contribution in [3.8, 4) is 0 Å². The molecule has 0 saturated carbocycles. The van der Waals surface area contributed by atoms with Crippen LogP contribution in [0.15, 0.2) is 41.6 Å². The number of benzene rings is 1. The summed E-state index contributed by atoms with van der Waals surface area (Å²) in [6, 6.07) is 8.74. The highest BCUT2D eigenvalue weighted by Gasteiger charge is 2.42. The summed E-state index contributed by atoms with van der Waals surface area (Å²) in [5.74, 6) is -3.60. The second kappa shape index (κ2) is 6.43. The van der Waals surface area contributed by atoms with Gasteiger partial charge in [0.05, 0.1) is 18.1 Å². The van der Waals surface area contributed by atoms with Gasteiger partial charge >= 0.3 is 5.97 Å². The Bertz CT molecular complexity index is 635. The first-order valence-electron chi connectivity index (χ1n) is 6.94. The monoisotopic (exact) mass is 302 g/mol. The van der Waals surface area contributed by atoms with E-state index in [1.807, 2.05) is 0 Å². The smallest absolute Gasteiger partial charge is 0.336 e. The van der Waals surface area contributed by atoms with Crippen molar-refractivity contribution in [3.63, 3.8) is 0 Å². The van der Waals surface area contributed by atoms with Gasteiger partial charge < -0.3 is 14.6 Å². The Kier molecular flexibility index (Phi) is 4.60. The van der Waals surface area contributed by atoms with E-state index in [1.54, 1.807) is 44.2 Å². The number of carboxylic acids is 1. The molecule has 1 atom stereocenters. The Labute approximate surface area is 128 Å². The van der Waals surface area contributed by atoms with Crippen molar-refractivity contribution in [2.45, 2.75) is 20.3 Å². The predicted molar refractivity (Wildman–Crippen MR) is 76.4 cm³/mol. The molecule has 6 nitrogen and oxygen atoms in total. The van der Waals surface area contributed by atoms with Crippen LogP contribution in [-0.2, 0) is 19.1 Å². The highest BCUT2D eigenvalue weighted by atomic mass is 16.5. The lowest BCUT2D eigenvalue weighted by atomic mass is 9.97. The number of hydrogen-bond donors (Lipinski definition) is 0. The molecule has 1 amide bonds. The van der Waals surface area contributed by atoms with E-state index in [0.29, 0.717) is 11.4 Å². The molecule has 1 aromatic rings. The molecule has 0 N–H and O–H groups in total. The number of para-hydroxylation sites is 1. The topological polar surface area (TPSA) is 86.7 Å². The Balaban J connectivity index is 2.47. The second-order valence-electron chi connectivity index (χ2n) is 4.86. The quantitative estimate of drug-likeness (QED) is 0.744. The van der Waals surface area contributed by atoms with E-state index in [2.05, 4.69) is 0 Å². The molecule has 0 bridgehead atoms. The standard InChI is InChI=1S/C16H17NO5/c1-3-22-16(21)14-10(2)17(11-7-5-4-6-8-11)15(20)12(14)9-13(18)19/h4-8,12H,3,9H2,1-2H3,(H,18,19)/p-1. The van der Waals surface area contributed by atoms with E-state index in [4.69, 9.17) is 4.74 Å². The van der Waals surface area contributed by atoms with Gasteiger partial charge in [-0.2, -0.15) is 0 Å². The summed E-state index contributed by atoms with van der Waals surface area (Å²) in [4.78, 5) is 36.9. The molecule has 1 unspecified atom stereocenters. The third-order valence-electron chi connectivity index (χ3n) is 3.47. The summed E-state index contributed by atoms with van der Waals surface area (Å²) in [5, 5.41) is 10.9. The number of amides is 1. The van der Waals surface area contributed by atoms with Crippen LogP contribution >= 0.6 is 0 Å². The molecule has 1 aliphatic rings. The lowest BCUT2D eigenvalue weighted by molar-refractivity contribution is -0.306. The number of anilines is 1. The van der Waals surface area contributed by atoms with Crippen molar-refractivity contribution in [2.24, 2.45) is 5.92 Å². The van der Waals surface area contributed by atoms with Crippen LogP contribution in [0, 0.1) is 5.92 Å². The number of carbonyl (C=O) groups is 3. The molecule has 0 saturated heterocycles. The van der Waals surface area contributed by atoms with Crippen LogP contribution in [0.3, 0.4) is 0 Å². The number of carbonyl (C=O) groups excluding carboxylic acids is 3. The van der Waals surface area contributed by atoms with E-state index in [-0.39, 0.29) is 12.2 Å². The summed E-state index contributed by atoms with van der Waals surface area (Å²) in [6.07, 6.45) is -0.548. The normalized spacial score (nSPS) is 17.8. The number of carboxylic acid groups (broad SMARTS) is 1. The minimum atomic E-state index is -1.39. The number of ether oxygens (including phenoxy) is 1. The summed E-state index contributed by atoms with van der Waals surface area (Å²) in [7, 11) is 0. The van der Waals surface area contributed by atoms with Crippen molar-refractivity contribution in [1.29, 1.82) is 0 Å². The average molecular weight is 302 g/mol. The SMILES string of the molecule is CCOC(=O)C1=C(C)N(c2ccccc2)C(=O)C1CC(=O)[O-]. The molecule has 116 valence electrons. The highest BCUT2D eigenvalue weighted by molar-refractivity contribution is 6.11. The van der Waals surface area contributed by atoms with Gasteiger partial charge in [-0.1, -0.05) is 18.2 Å². The third-order valence-corrected chi connectivity index (χ3v) is 3.47. The predicted octanol–water partition coefficient (Wildman–Crippen LogP) is 0.627. The second-order valence-corrected chi connectivity index (χ2v) is 4.86. The molecule has 0 aliphatic carbocycles. The van der Waals surface area contributed by atoms with Gasteiger partial charge in [0, 0.05) is 23.8 Å². The first-order valence-corrected chi connectivity index (χ1v) is 6.94. The average Bonchev–Trinajstić information content (AvgIpc) is 2.71. The lowest BCUT2D eigenvalue weighted by Crippen LogP contribution is -2.33. The van der Waals surface area contributed by atoms with Gasteiger partial charge in [-0.3, -0.25) is 9.69 Å². The van der Waals surface area contributed by atoms with E-state index in [0.717, 1.165) is 0 Å². The molecule has 1 aliphatic heterocycles. The third kappa shape index (κ3) is 2.86. The lowest BCUT2D eigenvalue weighted by Gasteiger charge is -2.19. The first kappa shape index (κ1) is 15.8. The first-order chi connectivity index (χ1) is 10.5. The fourth-order valence-electron chi connectivity index (χ4n) is 2.57. The molecule has 0 spiro atoms. The van der Waals surface area contributed by atoms with Crippen LogP contribution in [0.4, 0.5) is 5.69 Å². The van der Waals surface area contributed by atoms with Crippen molar-refractivity contribution in [1.82, 2.24) is 0 Å². The van der Waals surface area contributed by atoms with Crippen molar-refractivity contribution >= 4 is 23.5 Å². The van der Waals surface area contributed by atoms with Gasteiger partial charge in [-0.25, -0.2) is 4.79 Å². The zero-order valence-electron chi connectivity index (χ0n) is 12.4. The maximum atomic E-state index is 12.6. The number of aliphatic carboxylic acids is 1. The zero-order valence-corrected chi connectivity index (χ0v) is 12.4. The van der Waals surface area contributed by atoms with Crippen molar-refractivity contribution < 1.29 is 24.2 Å². The minimum absolute atomic E-state index is 0.0832. The van der Waals surface area contributed by atoms with Crippen molar-refractivity contribution in [2.75, 3.05) is 11.5 Å². The fourth-order valence-corrected chi connectivity index (χ4v) is 2.57. The number of esters is 1. The zero-order chi connectivity index (χ0) is 16.3. The largest absolute Gasteiger partial charge is 0.550 e. The van der Waals surface area contributed by atoms with Crippen LogP contribution in [-0.4, -0.2) is 24.5 Å². The molecule has 0 radical (unpaired) electrons. The number of rotatable bonds is 5. The van der Waals surface area contributed by atoms with Crippen LogP contribution < -0.4 is 10.0 Å². The van der Waals surface area contributed by atoms with Gasteiger partial charge in [-0.15, -0.1) is 0 Å². The van der Waals surface area contributed by atoms with Crippen molar-refractivity contribution in [3.05, 3.63) is 41.6 Å². The van der Waals surface area contributed by atoms with Gasteiger partial charge in [-0.05, 0) is 26.0 Å². The van der Waals surface area contributed by atoms with Crippen LogP contribution in [0.1, 0.15) is 20.3 Å². The summed E-state index contributed by atoms with van der Waals surface area (Å²) in [6.45, 7) is 3.40. The van der Waals surface area contributed by atoms with E-state index in [9.17, 15) is 19.5 Å². The maximum absolute atomic E-state index is 12.6. The van der Waals surface area contributed by atoms with Gasteiger partial charge in [0.25, 0.3) is 0 Å². The molecular weight excluding hydrogens is 286 g/mol. The van der Waals surface area contributed by atoms with Gasteiger partial charge in [0.1, 0.15) is 0 Å². The van der Waals surface area contributed by atoms with E-state index in [1.165, 1.54) is 4.90 Å². The minimum Gasteiger partial charge on any atom is -0.550 e. The van der Waals surface area contributed by atoms with E-state index < -0.39 is 30.2 Å². The maximum Gasteiger partial charge on any atom is 0.336 e. The summed E-state index contributed by atoms with van der Waals surface area (Å²) in [5.41, 5.74) is 1.05. The molecule has 6 heteroatoms. The number of allylic oxidation sites excluding steroid dienone is 1. The molecule has 0 aromatic heterocycles. The molecular formula is C16H16NO5-.